The normalized spacial score (nSPS) is 9.93. The average Bonchev–Trinajstić information content (AvgIpc) is 2.01. The lowest BCUT2D eigenvalue weighted by molar-refractivity contribution is 0.0524. The van der Waals surface area contributed by atoms with E-state index in [4.69, 9.17) is 10.5 Å². The number of nitrogen functional groups attached to an aromatic ring is 1. The Balaban J connectivity index is 3.14. The second kappa shape index (κ2) is 4.09. The number of esters is 1. The second-order valence-corrected chi connectivity index (χ2v) is 3.04. The summed E-state index contributed by atoms with van der Waals surface area (Å²) in [6.45, 7) is 5.70. The molecule has 4 heteroatoms. The van der Waals surface area contributed by atoms with Gasteiger partial charge >= 0.3 is 5.97 Å². The van der Waals surface area contributed by atoms with Crippen molar-refractivity contribution in [2.75, 3.05) is 12.3 Å². The van der Waals surface area contributed by atoms with Crippen LogP contribution in [0.25, 0.3) is 0 Å². The zero-order valence-electron chi connectivity index (χ0n) is 8.63. The average molecular weight is 194 g/mol. The van der Waals surface area contributed by atoms with Crippen LogP contribution in [-0.4, -0.2) is 17.6 Å². The monoisotopic (exact) mass is 194 g/mol. The number of nitrogens with zero attached hydrogens (tertiary/aromatic N) is 1. The summed E-state index contributed by atoms with van der Waals surface area (Å²) in [5, 5.41) is 0. The number of pyridine rings is 1. The molecule has 76 valence electrons. The fourth-order valence-corrected chi connectivity index (χ4v) is 1.37. The summed E-state index contributed by atoms with van der Waals surface area (Å²) >= 11 is 0. The number of hydrogen-bond acceptors (Lipinski definition) is 4. The van der Waals surface area contributed by atoms with Crippen molar-refractivity contribution in [1.82, 2.24) is 4.98 Å². The van der Waals surface area contributed by atoms with Gasteiger partial charge in [0, 0.05) is 0 Å². The van der Waals surface area contributed by atoms with E-state index in [0.717, 1.165) is 5.56 Å². The molecule has 0 aliphatic carbocycles. The van der Waals surface area contributed by atoms with Crippen LogP contribution in [0.5, 0.6) is 0 Å². The van der Waals surface area contributed by atoms with Gasteiger partial charge in [0.25, 0.3) is 0 Å². The maximum absolute atomic E-state index is 11.5. The van der Waals surface area contributed by atoms with Crippen LogP contribution in [0.1, 0.15) is 28.5 Å². The molecule has 14 heavy (non-hydrogen) atoms. The molecule has 0 aromatic carbocycles. The molecular formula is C10H14N2O2. The van der Waals surface area contributed by atoms with Gasteiger partial charge < -0.3 is 10.5 Å². The van der Waals surface area contributed by atoms with Crippen LogP contribution in [0.2, 0.25) is 0 Å². The molecule has 4 nitrogen and oxygen atoms in total. The van der Waals surface area contributed by atoms with Crippen molar-refractivity contribution in [3.63, 3.8) is 0 Å². The van der Waals surface area contributed by atoms with Crippen LogP contribution in [0, 0.1) is 13.8 Å². The Morgan fingerprint density at radius 2 is 2.21 bits per heavy atom. The summed E-state index contributed by atoms with van der Waals surface area (Å²) in [6, 6.07) is 1.67. The van der Waals surface area contributed by atoms with E-state index in [1.54, 1.807) is 19.9 Å². The molecule has 2 N–H and O–H groups in total. The number of anilines is 1. The highest BCUT2D eigenvalue weighted by molar-refractivity contribution is 5.92. The summed E-state index contributed by atoms with van der Waals surface area (Å²) in [4.78, 5) is 15.5. The zero-order valence-corrected chi connectivity index (χ0v) is 8.63. The number of ether oxygens (including phenoxy) is 1. The van der Waals surface area contributed by atoms with E-state index in [0.29, 0.717) is 23.7 Å². The number of nitrogens with two attached hydrogens (primary N) is 1. The Bertz CT molecular complexity index is 338. The topological polar surface area (TPSA) is 65.2 Å². The van der Waals surface area contributed by atoms with Crippen LogP contribution < -0.4 is 5.73 Å². The van der Waals surface area contributed by atoms with Gasteiger partial charge in [0.15, 0.2) is 0 Å². The lowest BCUT2D eigenvalue weighted by Crippen LogP contribution is -2.11. The van der Waals surface area contributed by atoms with Crippen molar-refractivity contribution in [3.05, 3.63) is 22.9 Å². The molecule has 0 bridgehead atoms. The van der Waals surface area contributed by atoms with E-state index < -0.39 is 0 Å². The van der Waals surface area contributed by atoms with Crippen LogP contribution in [0.3, 0.4) is 0 Å². The Kier molecular flexibility index (Phi) is 3.06. The number of rotatable bonds is 2. The predicted molar refractivity (Wildman–Crippen MR) is 54.1 cm³/mol. The van der Waals surface area contributed by atoms with Crippen molar-refractivity contribution >= 4 is 11.8 Å². The van der Waals surface area contributed by atoms with Gasteiger partial charge in [-0.25, -0.2) is 9.78 Å². The fraction of sp³-hybridized carbons (Fsp3) is 0.400. The first-order valence-electron chi connectivity index (χ1n) is 4.47. The molecule has 0 fully saturated rings. The largest absolute Gasteiger partial charge is 0.462 e. The molecule has 0 atom stereocenters. The number of aryl methyl sites for hydroxylation is 2. The second-order valence-electron chi connectivity index (χ2n) is 3.04. The minimum absolute atomic E-state index is 0.338. The number of carbonyl (C=O) groups excluding carboxylic acids is 1. The predicted octanol–water partition coefficient (Wildman–Crippen LogP) is 1.46. The summed E-state index contributed by atoms with van der Waals surface area (Å²) in [7, 11) is 0. The number of aromatic nitrogens is 1. The van der Waals surface area contributed by atoms with Crippen LogP contribution in [0.4, 0.5) is 5.82 Å². The van der Waals surface area contributed by atoms with Gasteiger partial charge in [0.1, 0.15) is 5.82 Å². The molecule has 1 heterocycles. The highest BCUT2D eigenvalue weighted by Crippen LogP contribution is 2.15. The van der Waals surface area contributed by atoms with Gasteiger partial charge in [-0.1, -0.05) is 0 Å². The SMILES string of the molecule is CCOC(=O)c1c(C)cc(N)nc1C. The molecule has 0 aliphatic heterocycles. The zero-order chi connectivity index (χ0) is 10.7. The van der Waals surface area contributed by atoms with Gasteiger partial charge in [0.2, 0.25) is 0 Å². The van der Waals surface area contributed by atoms with Crippen molar-refractivity contribution in [2.45, 2.75) is 20.8 Å². The van der Waals surface area contributed by atoms with Gasteiger partial charge in [0.05, 0.1) is 17.9 Å². The molecule has 0 saturated heterocycles. The molecule has 0 aliphatic rings. The molecule has 1 aromatic heterocycles. The van der Waals surface area contributed by atoms with E-state index in [1.165, 1.54) is 0 Å². The Hall–Kier alpha value is -1.58. The van der Waals surface area contributed by atoms with E-state index >= 15 is 0 Å². The van der Waals surface area contributed by atoms with Crippen molar-refractivity contribution in [2.24, 2.45) is 0 Å². The summed E-state index contributed by atoms with van der Waals surface area (Å²) < 4.78 is 4.91. The smallest absolute Gasteiger partial charge is 0.340 e. The van der Waals surface area contributed by atoms with Gasteiger partial charge in [-0.15, -0.1) is 0 Å². The first-order chi connectivity index (χ1) is 6.56. The van der Waals surface area contributed by atoms with Crippen LogP contribution >= 0.6 is 0 Å². The minimum atomic E-state index is -0.338. The summed E-state index contributed by atoms with van der Waals surface area (Å²) in [5.41, 5.74) is 7.47. The quantitative estimate of drug-likeness (QED) is 0.724. The Labute approximate surface area is 83.1 Å². The third-order valence-electron chi connectivity index (χ3n) is 1.90. The van der Waals surface area contributed by atoms with E-state index in [1.807, 2.05) is 6.92 Å². The minimum Gasteiger partial charge on any atom is -0.462 e. The maximum Gasteiger partial charge on any atom is 0.340 e. The van der Waals surface area contributed by atoms with Crippen LogP contribution in [-0.2, 0) is 4.74 Å². The lowest BCUT2D eigenvalue weighted by atomic mass is 10.1. The van der Waals surface area contributed by atoms with Crippen molar-refractivity contribution in [1.29, 1.82) is 0 Å². The van der Waals surface area contributed by atoms with E-state index in [-0.39, 0.29) is 5.97 Å². The third-order valence-corrected chi connectivity index (χ3v) is 1.90. The first kappa shape index (κ1) is 10.5. The lowest BCUT2D eigenvalue weighted by Gasteiger charge is -2.08. The van der Waals surface area contributed by atoms with Gasteiger partial charge in [-0.05, 0) is 32.4 Å². The fourth-order valence-electron chi connectivity index (χ4n) is 1.37. The molecule has 0 radical (unpaired) electrons. The highest BCUT2D eigenvalue weighted by atomic mass is 16.5. The van der Waals surface area contributed by atoms with Crippen LogP contribution in [0.15, 0.2) is 6.07 Å². The summed E-state index contributed by atoms with van der Waals surface area (Å²) in [6.07, 6.45) is 0. The third kappa shape index (κ3) is 2.02. The highest BCUT2D eigenvalue weighted by Gasteiger charge is 2.14. The van der Waals surface area contributed by atoms with Gasteiger partial charge in [-0.3, -0.25) is 0 Å². The maximum atomic E-state index is 11.5. The summed E-state index contributed by atoms with van der Waals surface area (Å²) in [5.74, 6) is 0.0862. The molecule has 0 spiro atoms. The molecule has 0 amide bonds. The number of carbonyl (C=O) groups is 1. The van der Waals surface area contributed by atoms with Crippen molar-refractivity contribution in [3.8, 4) is 0 Å². The van der Waals surface area contributed by atoms with Crippen molar-refractivity contribution < 1.29 is 9.53 Å². The Morgan fingerprint density at radius 1 is 1.57 bits per heavy atom. The standard InChI is InChI=1S/C10H14N2O2/c1-4-14-10(13)9-6(2)5-8(11)12-7(9)3/h5H,4H2,1-3H3,(H2,11,12). The number of hydrogen-bond donors (Lipinski definition) is 1. The molecular weight excluding hydrogens is 180 g/mol. The molecule has 1 aromatic rings. The van der Waals surface area contributed by atoms with E-state index in [9.17, 15) is 4.79 Å². The first-order valence-corrected chi connectivity index (χ1v) is 4.47. The molecule has 0 unspecified atom stereocenters. The van der Waals surface area contributed by atoms with Gasteiger partial charge in [-0.2, -0.15) is 0 Å². The van der Waals surface area contributed by atoms with E-state index in [2.05, 4.69) is 4.98 Å². The molecule has 0 saturated carbocycles. The molecule has 1 rings (SSSR count). The Morgan fingerprint density at radius 3 is 2.71 bits per heavy atom.